The number of halogens is 1. The van der Waals surface area contributed by atoms with Crippen molar-refractivity contribution >= 4 is 29.6 Å². The Balaban J connectivity index is 2.99. The third-order valence-electron chi connectivity index (χ3n) is 1.63. The lowest BCUT2D eigenvalue weighted by molar-refractivity contribution is 1.36. The monoisotopic (exact) mass is 213 g/mol. The third-order valence-corrected chi connectivity index (χ3v) is 2.71. The smallest absolute Gasteiger partial charge is 0.0772 e. The van der Waals surface area contributed by atoms with Crippen LogP contribution in [0.1, 0.15) is 13.3 Å². The van der Waals surface area contributed by atoms with Gasteiger partial charge in [-0.15, -0.1) is 11.8 Å². The van der Waals surface area contributed by atoms with E-state index in [9.17, 15) is 0 Å². The molecule has 1 rings (SSSR count). The molecule has 0 aromatic carbocycles. The first-order valence-electron chi connectivity index (χ1n) is 4.08. The molecule has 0 bridgehead atoms. The quantitative estimate of drug-likeness (QED) is 0.637. The van der Waals surface area contributed by atoms with Gasteiger partial charge in [0.2, 0.25) is 0 Å². The second-order valence-corrected chi connectivity index (χ2v) is 3.80. The van der Waals surface area contributed by atoms with Gasteiger partial charge < -0.3 is 0 Å². The van der Waals surface area contributed by atoms with E-state index in [1.165, 1.54) is 4.91 Å². The first kappa shape index (κ1) is 10.6. The third kappa shape index (κ3) is 3.05. The molecule has 13 heavy (non-hydrogen) atoms. The largest absolute Gasteiger partial charge is 0.260 e. The van der Waals surface area contributed by atoms with Crippen molar-refractivity contribution in [1.82, 2.24) is 0 Å². The highest BCUT2D eigenvalue weighted by Gasteiger charge is 2.05. The van der Waals surface area contributed by atoms with E-state index in [1.807, 2.05) is 25.3 Å². The van der Waals surface area contributed by atoms with Gasteiger partial charge in [-0.05, 0) is 25.7 Å². The summed E-state index contributed by atoms with van der Waals surface area (Å²) in [6, 6.07) is 0. The van der Waals surface area contributed by atoms with E-state index in [0.717, 1.165) is 17.2 Å². The molecule has 0 aromatic heterocycles. The Kier molecular flexibility index (Phi) is 4.33. The first-order valence-corrected chi connectivity index (χ1v) is 5.68. The summed E-state index contributed by atoms with van der Waals surface area (Å²) in [4.78, 5) is 5.45. The minimum absolute atomic E-state index is 0.765. The van der Waals surface area contributed by atoms with Crippen LogP contribution in [0.15, 0.2) is 38.9 Å². The number of aliphatic imine (C=N–C) groups is 1. The molecule has 0 fully saturated rings. The molecule has 0 spiro atoms. The Morgan fingerprint density at radius 1 is 1.54 bits per heavy atom. The highest BCUT2D eigenvalue weighted by Crippen LogP contribution is 2.27. The topological polar surface area (TPSA) is 12.4 Å². The molecule has 1 aliphatic rings. The second-order valence-electron chi connectivity index (χ2n) is 2.51. The van der Waals surface area contributed by atoms with Gasteiger partial charge in [-0.1, -0.05) is 23.8 Å². The van der Waals surface area contributed by atoms with E-state index in [0.29, 0.717) is 0 Å². The van der Waals surface area contributed by atoms with E-state index in [4.69, 9.17) is 11.6 Å². The molecule has 0 aromatic rings. The van der Waals surface area contributed by atoms with Gasteiger partial charge in [0.15, 0.2) is 0 Å². The van der Waals surface area contributed by atoms with Crippen LogP contribution in [0.4, 0.5) is 0 Å². The fourth-order valence-electron chi connectivity index (χ4n) is 1.07. The molecular formula is C10H12ClNS. The molecule has 0 saturated carbocycles. The lowest BCUT2D eigenvalue weighted by atomic mass is 10.3. The Labute approximate surface area is 88.3 Å². The van der Waals surface area contributed by atoms with Gasteiger partial charge >= 0.3 is 0 Å². The summed E-state index contributed by atoms with van der Waals surface area (Å²) in [5.74, 6) is 0. The Morgan fingerprint density at radius 3 is 2.92 bits per heavy atom. The molecule has 1 aliphatic carbocycles. The van der Waals surface area contributed by atoms with E-state index < -0.39 is 0 Å². The number of hydrogen-bond donors (Lipinski definition) is 0. The van der Waals surface area contributed by atoms with Gasteiger partial charge in [0.25, 0.3) is 0 Å². The van der Waals surface area contributed by atoms with Crippen LogP contribution in [0.2, 0.25) is 0 Å². The summed E-state index contributed by atoms with van der Waals surface area (Å²) in [7, 11) is 0. The summed E-state index contributed by atoms with van der Waals surface area (Å²) < 4.78 is 0. The van der Waals surface area contributed by atoms with E-state index in [1.54, 1.807) is 18.0 Å². The molecule has 1 nitrogen and oxygen atoms in total. The minimum atomic E-state index is 0.765. The molecule has 0 heterocycles. The minimum Gasteiger partial charge on any atom is -0.260 e. The van der Waals surface area contributed by atoms with Gasteiger partial charge in [-0.3, -0.25) is 4.99 Å². The lowest BCUT2D eigenvalue weighted by Gasteiger charge is -2.01. The lowest BCUT2D eigenvalue weighted by Crippen LogP contribution is -1.81. The molecule has 0 saturated heterocycles. The average Bonchev–Trinajstić information content (AvgIpc) is 2.28. The zero-order valence-corrected chi connectivity index (χ0v) is 9.32. The summed E-state index contributed by atoms with van der Waals surface area (Å²) in [5.41, 5.74) is 0.953. The van der Waals surface area contributed by atoms with Crippen molar-refractivity contribution in [2.45, 2.75) is 13.3 Å². The number of allylic oxidation sites excluding steroid dienone is 4. The maximum absolute atomic E-state index is 5.94. The van der Waals surface area contributed by atoms with Crippen LogP contribution >= 0.6 is 23.4 Å². The predicted octanol–water partition coefficient (Wildman–Crippen LogP) is 3.73. The molecule has 0 aliphatic heterocycles. The predicted molar refractivity (Wildman–Crippen MR) is 62.4 cm³/mol. The zero-order chi connectivity index (χ0) is 9.68. The standard InChI is InChI=1S/C10H12ClNS/c1-3-12-9-7-8(11)5-4-6-10(9)13-2/h3,5-7H,4H2,1-2H3. The van der Waals surface area contributed by atoms with Crippen LogP contribution in [0.5, 0.6) is 0 Å². The molecule has 0 atom stereocenters. The fraction of sp³-hybridized carbons (Fsp3) is 0.300. The van der Waals surface area contributed by atoms with E-state index >= 15 is 0 Å². The summed E-state index contributed by atoms with van der Waals surface area (Å²) >= 11 is 7.64. The van der Waals surface area contributed by atoms with Gasteiger partial charge in [-0.2, -0.15) is 0 Å². The highest BCUT2D eigenvalue weighted by molar-refractivity contribution is 8.02. The maximum atomic E-state index is 5.94. The molecule has 0 unspecified atom stereocenters. The van der Waals surface area contributed by atoms with Crippen molar-refractivity contribution < 1.29 is 0 Å². The normalized spacial score (nSPS) is 17.9. The van der Waals surface area contributed by atoms with Crippen LogP contribution < -0.4 is 0 Å². The Morgan fingerprint density at radius 2 is 2.31 bits per heavy atom. The van der Waals surface area contributed by atoms with Crippen molar-refractivity contribution in [3.63, 3.8) is 0 Å². The van der Waals surface area contributed by atoms with Crippen LogP contribution in [0, 0.1) is 0 Å². The molecule has 70 valence electrons. The summed E-state index contributed by atoms with van der Waals surface area (Å²) in [6.07, 6.45) is 10.7. The van der Waals surface area contributed by atoms with Gasteiger partial charge in [-0.25, -0.2) is 0 Å². The summed E-state index contributed by atoms with van der Waals surface area (Å²) in [5, 5.41) is 0.765. The first-order chi connectivity index (χ1) is 6.27. The van der Waals surface area contributed by atoms with Crippen molar-refractivity contribution in [3.8, 4) is 0 Å². The number of thioether (sulfide) groups is 1. The average molecular weight is 214 g/mol. The second kappa shape index (κ2) is 5.30. The highest BCUT2D eigenvalue weighted by atomic mass is 35.5. The van der Waals surface area contributed by atoms with E-state index in [-0.39, 0.29) is 0 Å². The molecule has 0 N–H and O–H groups in total. The number of hydrogen-bond acceptors (Lipinski definition) is 2. The van der Waals surface area contributed by atoms with Gasteiger partial charge in [0.1, 0.15) is 0 Å². The van der Waals surface area contributed by atoms with Crippen molar-refractivity contribution in [2.24, 2.45) is 4.99 Å². The van der Waals surface area contributed by atoms with Crippen molar-refractivity contribution in [3.05, 3.63) is 33.9 Å². The number of rotatable bonds is 2. The van der Waals surface area contributed by atoms with Gasteiger partial charge in [0, 0.05) is 16.2 Å². The van der Waals surface area contributed by atoms with Crippen LogP contribution in [0.3, 0.4) is 0 Å². The molecule has 3 heteroatoms. The Hall–Kier alpha value is -0.470. The van der Waals surface area contributed by atoms with Crippen molar-refractivity contribution in [2.75, 3.05) is 6.26 Å². The zero-order valence-electron chi connectivity index (χ0n) is 7.75. The summed E-state index contributed by atoms with van der Waals surface area (Å²) in [6.45, 7) is 1.90. The van der Waals surface area contributed by atoms with Crippen LogP contribution in [-0.2, 0) is 0 Å². The van der Waals surface area contributed by atoms with Crippen LogP contribution in [-0.4, -0.2) is 12.5 Å². The molecular weight excluding hydrogens is 202 g/mol. The van der Waals surface area contributed by atoms with Crippen molar-refractivity contribution in [1.29, 1.82) is 0 Å². The molecule has 0 amide bonds. The van der Waals surface area contributed by atoms with E-state index in [2.05, 4.69) is 11.1 Å². The Bertz CT molecular complexity index is 300. The fourth-order valence-corrected chi connectivity index (χ4v) is 1.85. The SMILES string of the molecule is CC=NC1=CC(Cl)=CCC=C1SC. The van der Waals surface area contributed by atoms with Gasteiger partial charge in [0.05, 0.1) is 5.70 Å². The maximum Gasteiger partial charge on any atom is 0.0772 e. The molecule has 0 radical (unpaired) electrons. The van der Waals surface area contributed by atoms with Crippen LogP contribution in [0.25, 0.3) is 0 Å². The number of nitrogens with zero attached hydrogens (tertiary/aromatic N) is 1.